The van der Waals surface area contributed by atoms with Gasteiger partial charge in [0.25, 0.3) is 0 Å². The highest BCUT2D eigenvalue weighted by Crippen LogP contribution is 2.42. The second-order valence-corrected chi connectivity index (χ2v) is 10.6. The number of nitrogens with one attached hydrogen (secondary N) is 1. The molecule has 8 nitrogen and oxygen atoms in total. The standard InChI is InChI=1S/C31H31ClFN5O3/c1-34-18-26-24-14-19(7-9-27(24)38(35-26)29-6-4-5-13-41-29)22-16-21(33)17-23(30(22)40-3)20-8-10-28(25(32)15-20)37-12-11-36(2)31(37)39/h7-12,14-17,29,34H,4-6,13,18H2,1-3H3. The van der Waals surface area contributed by atoms with Crippen LogP contribution in [-0.4, -0.2) is 39.7 Å². The lowest BCUT2D eigenvalue weighted by Gasteiger charge is -2.23. The average Bonchev–Trinajstić information content (AvgIpc) is 3.52. The van der Waals surface area contributed by atoms with Crippen LogP contribution in [0.25, 0.3) is 38.8 Å². The normalized spacial score (nSPS) is 15.5. The maximum absolute atomic E-state index is 15.2. The van der Waals surface area contributed by atoms with Gasteiger partial charge in [0.2, 0.25) is 0 Å². The van der Waals surface area contributed by atoms with E-state index < -0.39 is 5.82 Å². The number of aryl methyl sites for hydroxylation is 1. The van der Waals surface area contributed by atoms with Crippen molar-refractivity contribution in [3.63, 3.8) is 0 Å². The molecular weight excluding hydrogens is 545 g/mol. The van der Waals surface area contributed by atoms with Crippen LogP contribution in [-0.2, 0) is 18.3 Å². The molecule has 1 N–H and O–H groups in total. The molecule has 1 unspecified atom stereocenters. The lowest BCUT2D eigenvalue weighted by Crippen LogP contribution is -2.20. The van der Waals surface area contributed by atoms with Crippen LogP contribution in [0.3, 0.4) is 0 Å². The minimum absolute atomic E-state index is 0.0996. The smallest absolute Gasteiger partial charge is 0.332 e. The monoisotopic (exact) mass is 575 g/mol. The third-order valence-corrected chi connectivity index (χ3v) is 7.89. The number of fused-ring (bicyclic) bond motifs is 1. The molecule has 1 saturated heterocycles. The minimum atomic E-state index is -0.405. The van der Waals surface area contributed by atoms with E-state index in [2.05, 4.69) is 5.32 Å². The zero-order chi connectivity index (χ0) is 28.7. The molecule has 1 aliphatic rings. The van der Waals surface area contributed by atoms with Crippen molar-refractivity contribution in [1.82, 2.24) is 24.2 Å². The van der Waals surface area contributed by atoms with Gasteiger partial charge >= 0.3 is 5.69 Å². The van der Waals surface area contributed by atoms with E-state index in [1.165, 1.54) is 21.3 Å². The molecule has 1 aliphatic heterocycles. The largest absolute Gasteiger partial charge is 0.495 e. The summed E-state index contributed by atoms with van der Waals surface area (Å²) in [5.41, 5.74) is 4.83. The van der Waals surface area contributed by atoms with E-state index in [1.54, 1.807) is 38.7 Å². The number of aromatic nitrogens is 4. The molecule has 212 valence electrons. The van der Waals surface area contributed by atoms with Gasteiger partial charge in [-0.25, -0.2) is 13.9 Å². The Morgan fingerprint density at radius 1 is 1.10 bits per heavy atom. The van der Waals surface area contributed by atoms with Crippen LogP contribution in [0.4, 0.5) is 4.39 Å². The predicted octanol–water partition coefficient (Wildman–Crippen LogP) is 6.08. The Morgan fingerprint density at radius 3 is 2.49 bits per heavy atom. The quantitative estimate of drug-likeness (QED) is 0.255. The SMILES string of the molecule is CNCc1nn(C2CCCCO2)c2ccc(-c3cc(F)cc(-c4ccc(-n5ccn(C)c5=O)c(Cl)c4)c3OC)cc12. The summed E-state index contributed by atoms with van der Waals surface area (Å²) in [4.78, 5) is 12.5. The van der Waals surface area contributed by atoms with Gasteiger partial charge in [0.1, 0.15) is 11.6 Å². The second-order valence-electron chi connectivity index (χ2n) is 10.2. The lowest BCUT2D eigenvalue weighted by molar-refractivity contribution is -0.0369. The molecule has 0 bridgehead atoms. The van der Waals surface area contributed by atoms with Gasteiger partial charge in [-0.05, 0) is 73.8 Å². The van der Waals surface area contributed by atoms with Crippen LogP contribution in [0, 0.1) is 5.82 Å². The first-order valence-electron chi connectivity index (χ1n) is 13.6. The van der Waals surface area contributed by atoms with Crippen molar-refractivity contribution in [2.24, 2.45) is 7.05 Å². The summed E-state index contributed by atoms with van der Waals surface area (Å²) in [5, 5.41) is 9.43. The molecule has 5 aromatic rings. The molecule has 6 rings (SSSR count). The van der Waals surface area contributed by atoms with E-state index in [0.717, 1.165) is 48.0 Å². The van der Waals surface area contributed by atoms with Crippen LogP contribution < -0.4 is 15.7 Å². The molecule has 0 radical (unpaired) electrons. The number of halogens is 2. The summed E-state index contributed by atoms with van der Waals surface area (Å²) in [5.74, 6) is 0.113. The summed E-state index contributed by atoms with van der Waals surface area (Å²) in [7, 11) is 5.13. The molecule has 41 heavy (non-hydrogen) atoms. The number of hydrogen-bond acceptors (Lipinski definition) is 5. The number of rotatable bonds is 7. The van der Waals surface area contributed by atoms with Gasteiger partial charge in [-0.2, -0.15) is 5.10 Å². The predicted molar refractivity (Wildman–Crippen MR) is 158 cm³/mol. The summed E-state index contributed by atoms with van der Waals surface area (Å²) in [6.45, 7) is 1.31. The van der Waals surface area contributed by atoms with Gasteiger partial charge in [-0.3, -0.25) is 4.57 Å². The summed E-state index contributed by atoms with van der Waals surface area (Å²) >= 11 is 6.64. The van der Waals surface area contributed by atoms with Crippen LogP contribution >= 0.6 is 11.6 Å². The highest BCUT2D eigenvalue weighted by molar-refractivity contribution is 6.32. The Labute approximate surface area is 241 Å². The first-order chi connectivity index (χ1) is 19.9. The fourth-order valence-corrected chi connectivity index (χ4v) is 5.84. The van der Waals surface area contributed by atoms with E-state index in [9.17, 15) is 4.79 Å². The Bertz CT molecular complexity index is 1800. The molecule has 1 fully saturated rings. The summed E-state index contributed by atoms with van der Waals surface area (Å²) in [6, 6.07) is 14.2. The van der Waals surface area contributed by atoms with Gasteiger partial charge < -0.3 is 19.4 Å². The zero-order valence-corrected chi connectivity index (χ0v) is 23.9. The molecule has 1 atom stereocenters. The zero-order valence-electron chi connectivity index (χ0n) is 23.2. The van der Waals surface area contributed by atoms with Crippen molar-refractivity contribution in [3.8, 4) is 33.7 Å². The van der Waals surface area contributed by atoms with Gasteiger partial charge in [-0.1, -0.05) is 23.7 Å². The van der Waals surface area contributed by atoms with Gasteiger partial charge in [-0.15, -0.1) is 0 Å². The van der Waals surface area contributed by atoms with E-state index >= 15 is 4.39 Å². The van der Waals surface area contributed by atoms with Gasteiger partial charge in [0.15, 0.2) is 6.23 Å². The van der Waals surface area contributed by atoms with Crippen molar-refractivity contribution in [1.29, 1.82) is 0 Å². The Balaban J connectivity index is 1.46. The third-order valence-electron chi connectivity index (χ3n) is 7.59. The second kappa shape index (κ2) is 11.2. The van der Waals surface area contributed by atoms with Crippen LogP contribution in [0.2, 0.25) is 5.02 Å². The van der Waals surface area contributed by atoms with E-state index in [-0.39, 0.29) is 11.9 Å². The first-order valence-corrected chi connectivity index (χ1v) is 14.0. The lowest BCUT2D eigenvalue weighted by atomic mass is 9.95. The van der Waals surface area contributed by atoms with Crippen LogP contribution in [0.1, 0.15) is 31.2 Å². The molecule has 3 aromatic carbocycles. The number of benzene rings is 3. The van der Waals surface area contributed by atoms with E-state index in [1.807, 2.05) is 36.0 Å². The molecule has 0 aliphatic carbocycles. The van der Waals surface area contributed by atoms with Gasteiger partial charge in [0.05, 0.1) is 29.0 Å². The third kappa shape index (κ3) is 4.94. The molecule has 2 aromatic heterocycles. The van der Waals surface area contributed by atoms with E-state index in [0.29, 0.717) is 39.7 Å². The molecule has 10 heteroatoms. The van der Waals surface area contributed by atoms with Crippen molar-refractivity contribution in [2.75, 3.05) is 20.8 Å². The number of hydrogen-bond donors (Lipinski definition) is 1. The topological polar surface area (TPSA) is 75.2 Å². The maximum atomic E-state index is 15.2. The van der Waals surface area contributed by atoms with E-state index in [4.69, 9.17) is 26.2 Å². The number of ether oxygens (including phenoxy) is 2. The highest BCUT2D eigenvalue weighted by atomic mass is 35.5. The average molecular weight is 576 g/mol. The number of imidazole rings is 1. The number of methoxy groups -OCH3 is 1. The molecule has 0 saturated carbocycles. The van der Waals surface area contributed by atoms with Crippen molar-refractivity contribution in [2.45, 2.75) is 32.0 Å². The van der Waals surface area contributed by atoms with Crippen molar-refractivity contribution >= 4 is 22.5 Å². The maximum Gasteiger partial charge on any atom is 0.332 e. The summed E-state index contributed by atoms with van der Waals surface area (Å²) in [6.07, 6.45) is 6.30. The van der Waals surface area contributed by atoms with Gasteiger partial charge in [0, 0.05) is 49.1 Å². The molecule has 0 spiro atoms. The molecule has 3 heterocycles. The van der Waals surface area contributed by atoms with Crippen LogP contribution in [0.5, 0.6) is 5.75 Å². The van der Waals surface area contributed by atoms with Crippen molar-refractivity contribution in [3.05, 3.63) is 87.9 Å². The fraction of sp³-hybridized carbons (Fsp3) is 0.290. The molecule has 0 amide bonds. The van der Waals surface area contributed by atoms with Crippen molar-refractivity contribution < 1.29 is 13.9 Å². The molecular formula is C31H31ClFN5O3. The highest BCUT2D eigenvalue weighted by Gasteiger charge is 2.23. The Kier molecular flexibility index (Phi) is 7.42. The first kappa shape index (κ1) is 27.3. The Morgan fingerprint density at radius 2 is 1.85 bits per heavy atom. The number of nitrogens with zero attached hydrogens (tertiary/aromatic N) is 4. The summed E-state index contributed by atoms with van der Waals surface area (Å²) < 4.78 is 32.0. The fourth-order valence-electron chi connectivity index (χ4n) is 5.57. The minimum Gasteiger partial charge on any atom is -0.495 e. The Hall–Kier alpha value is -3.92. The van der Waals surface area contributed by atoms with Crippen LogP contribution in [0.15, 0.2) is 65.7 Å².